The van der Waals surface area contributed by atoms with Crippen LogP contribution < -0.4 is 10.6 Å². The van der Waals surface area contributed by atoms with E-state index in [1.165, 1.54) is 0 Å². The molecule has 0 bridgehead atoms. The molecule has 1 saturated heterocycles. The number of hydrogen-bond donors (Lipinski definition) is 2. The number of amides is 1. The molecule has 1 amide bonds. The molecule has 0 aliphatic carbocycles. The van der Waals surface area contributed by atoms with Crippen LogP contribution in [0.1, 0.15) is 53.8 Å². The molecule has 2 N–H and O–H groups in total. The third kappa shape index (κ3) is 3.33. The lowest BCUT2D eigenvalue weighted by Gasteiger charge is -2.22. The number of aromatic nitrogens is 4. The van der Waals surface area contributed by atoms with E-state index in [1.807, 2.05) is 17.0 Å². The quantitative estimate of drug-likeness (QED) is 0.873. The molecule has 22 heavy (non-hydrogen) atoms. The Hall–Kier alpha value is -1.80. The molecule has 0 saturated carbocycles. The molecule has 2 aromatic heterocycles. The fourth-order valence-electron chi connectivity index (χ4n) is 2.61. The monoisotopic (exact) mass is 320 g/mol. The minimum Gasteiger partial charge on any atom is -0.341 e. The summed E-state index contributed by atoms with van der Waals surface area (Å²) < 4.78 is 1.82. The van der Waals surface area contributed by atoms with Crippen molar-refractivity contribution in [3.8, 4) is 0 Å². The Balaban J connectivity index is 1.66. The van der Waals surface area contributed by atoms with Crippen LogP contribution in [-0.2, 0) is 0 Å². The molecule has 3 heterocycles. The number of rotatable bonds is 5. The Bertz CT molecular complexity index is 605. The van der Waals surface area contributed by atoms with Gasteiger partial charge in [-0.25, -0.2) is 9.67 Å². The van der Waals surface area contributed by atoms with Crippen molar-refractivity contribution in [2.45, 2.75) is 38.3 Å². The van der Waals surface area contributed by atoms with Crippen LogP contribution >= 0.6 is 11.3 Å². The molecule has 0 aromatic carbocycles. The zero-order chi connectivity index (χ0) is 15.4. The SMILES string of the molecule is CCC(NC(=O)c1cn(C2CCNCC2)nn1)c1nccs1. The fourth-order valence-corrected chi connectivity index (χ4v) is 3.38. The first-order chi connectivity index (χ1) is 10.8. The summed E-state index contributed by atoms with van der Waals surface area (Å²) in [6.45, 7) is 3.99. The molecule has 1 aliphatic rings. The molecular formula is C14H20N6OS. The van der Waals surface area contributed by atoms with E-state index in [0.717, 1.165) is 37.4 Å². The van der Waals surface area contributed by atoms with Gasteiger partial charge < -0.3 is 10.6 Å². The Morgan fingerprint density at radius 1 is 1.55 bits per heavy atom. The number of nitrogens with one attached hydrogen (secondary N) is 2. The standard InChI is InChI=1S/C14H20N6OS/c1-2-11(14-16-7-8-22-14)17-13(21)12-9-20(19-18-12)10-3-5-15-6-4-10/h7-11,15H,2-6H2,1H3,(H,17,21). The number of hydrogen-bond acceptors (Lipinski definition) is 6. The summed E-state index contributed by atoms with van der Waals surface area (Å²) in [6, 6.07) is 0.257. The summed E-state index contributed by atoms with van der Waals surface area (Å²) in [5.74, 6) is -0.192. The van der Waals surface area contributed by atoms with Crippen molar-refractivity contribution in [2.24, 2.45) is 0 Å². The molecule has 7 nitrogen and oxygen atoms in total. The third-order valence-electron chi connectivity index (χ3n) is 3.89. The largest absolute Gasteiger partial charge is 0.341 e. The Morgan fingerprint density at radius 2 is 2.36 bits per heavy atom. The minimum absolute atomic E-state index is 0.0727. The molecular weight excluding hydrogens is 300 g/mol. The highest BCUT2D eigenvalue weighted by Crippen LogP contribution is 2.20. The molecule has 1 atom stereocenters. The highest BCUT2D eigenvalue weighted by molar-refractivity contribution is 7.09. The van der Waals surface area contributed by atoms with Crippen LogP contribution in [0.4, 0.5) is 0 Å². The van der Waals surface area contributed by atoms with Crippen LogP contribution in [-0.4, -0.2) is 39.0 Å². The third-order valence-corrected chi connectivity index (χ3v) is 4.78. The van der Waals surface area contributed by atoms with Gasteiger partial charge in [0.15, 0.2) is 5.69 Å². The van der Waals surface area contributed by atoms with E-state index in [-0.39, 0.29) is 11.9 Å². The van der Waals surface area contributed by atoms with Gasteiger partial charge in [-0.15, -0.1) is 16.4 Å². The zero-order valence-corrected chi connectivity index (χ0v) is 13.3. The van der Waals surface area contributed by atoms with Crippen LogP contribution in [0.3, 0.4) is 0 Å². The topological polar surface area (TPSA) is 84.7 Å². The highest BCUT2D eigenvalue weighted by Gasteiger charge is 2.21. The Morgan fingerprint density at radius 3 is 3.05 bits per heavy atom. The van der Waals surface area contributed by atoms with Crippen molar-refractivity contribution in [1.82, 2.24) is 30.6 Å². The summed E-state index contributed by atoms with van der Waals surface area (Å²) in [4.78, 5) is 16.6. The van der Waals surface area contributed by atoms with E-state index < -0.39 is 0 Å². The van der Waals surface area contributed by atoms with Crippen molar-refractivity contribution in [1.29, 1.82) is 0 Å². The molecule has 1 aliphatic heterocycles. The van der Waals surface area contributed by atoms with Crippen molar-refractivity contribution < 1.29 is 4.79 Å². The van der Waals surface area contributed by atoms with Crippen LogP contribution in [0.2, 0.25) is 0 Å². The number of thiazole rings is 1. The van der Waals surface area contributed by atoms with Crippen LogP contribution in [0.25, 0.3) is 0 Å². The fraction of sp³-hybridized carbons (Fsp3) is 0.571. The summed E-state index contributed by atoms with van der Waals surface area (Å²) in [7, 11) is 0. The minimum atomic E-state index is -0.192. The number of carbonyl (C=O) groups excluding carboxylic acids is 1. The van der Waals surface area contributed by atoms with Gasteiger partial charge in [0.1, 0.15) is 5.01 Å². The van der Waals surface area contributed by atoms with E-state index in [9.17, 15) is 4.79 Å². The lowest BCUT2D eigenvalue weighted by Crippen LogP contribution is -2.30. The van der Waals surface area contributed by atoms with Crippen LogP contribution in [0.5, 0.6) is 0 Å². The van der Waals surface area contributed by atoms with Gasteiger partial charge in [-0.1, -0.05) is 12.1 Å². The van der Waals surface area contributed by atoms with Crippen molar-refractivity contribution >= 4 is 17.2 Å². The van der Waals surface area contributed by atoms with Gasteiger partial charge in [-0.05, 0) is 32.4 Å². The van der Waals surface area contributed by atoms with Crippen molar-refractivity contribution in [3.05, 3.63) is 28.5 Å². The number of carbonyl (C=O) groups is 1. The van der Waals surface area contributed by atoms with Crippen LogP contribution in [0.15, 0.2) is 17.8 Å². The second-order valence-electron chi connectivity index (χ2n) is 5.37. The normalized spacial score (nSPS) is 17.3. The molecule has 1 fully saturated rings. The van der Waals surface area contributed by atoms with E-state index in [4.69, 9.17) is 0 Å². The summed E-state index contributed by atoms with van der Waals surface area (Å²) in [6.07, 6.45) is 6.33. The lowest BCUT2D eigenvalue weighted by atomic mass is 10.1. The van der Waals surface area contributed by atoms with Crippen molar-refractivity contribution in [3.63, 3.8) is 0 Å². The van der Waals surface area contributed by atoms with Gasteiger partial charge in [0, 0.05) is 11.6 Å². The lowest BCUT2D eigenvalue weighted by molar-refractivity contribution is 0.0930. The molecule has 0 spiro atoms. The molecule has 8 heteroatoms. The molecule has 1 unspecified atom stereocenters. The maximum atomic E-state index is 12.3. The van der Waals surface area contributed by atoms with E-state index in [0.29, 0.717) is 11.7 Å². The average Bonchev–Trinajstić information content (AvgIpc) is 3.24. The number of nitrogens with zero attached hydrogens (tertiary/aromatic N) is 4. The van der Waals surface area contributed by atoms with Gasteiger partial charge >= 0.3 is 0 Å². The molecule has 0 radical (unpaired) electrons. The smallest absolute Gasteiger partial charge is 0.274 e. The van der Waals surface area contributed by atoms with Gasteiger partial charge in [0.25, 0.3) is 5.91 Å². The molecule has 118 valence electrons. The van der Waals surface area contributed by atoms with Gasteiger partial charge in [-0.3, -0.25) is 4.79 Å². The first-order valence-corrected chi connectivity index (χ1v) is 8.48. The second-order valence-corrected chi connectivity index (χ2v) is 6.30. The summed E-state index contributed by atoms with van der Waals surface area (Å²) in [5, 5.41) is 17.3. The maximum Gasteiger partial charge on any atom is 0.274 e. The van der Waals surface area contributed by atoms with Gasteiger partial charge in [0.2, 0.25) is 0 Å². The van der Waals surface area contributed by atoms with Gasteiger partial charge in [-0.2, -0.15) is 0 Å². The van der Waals surface area contributed by atoms with E-state index in [1.54, 1.807) is 23.7 Å². The Labute approximate surface area is 133 Å². The first kappa shape index (κ1) is 15.1. The second kappa shape index (κ2) is 6.97. The molecule has 2 aromatic rings. The predicted octanol–water partition coefficient (Wildman–Crippen LogP) is 1.54. The van der Waals surface area contributed by atoms with Crippen LogP contribution in [0, 0.1) is 0 Å². The van der Waals surface area contributed by atoms with Crippen molar-refractivity contribution in [2.75, 3.05) is 13.1 Å². The first-order valence-electron chi connectivity index (χ1n) is 7.60. The van der Waals surface area contributed by atoms with Gasteiger partial charge in [0.05, 0.1) is 18.3 Å². The van der Waals surface area contributed by atoms with E-state index >= 15 is 0 Å². The predicted molar refractivity (Wildman–Crippen MR) is 83.8 cm³/mol. The maximum absolute atomic E-state index is 12.3. The summed E-state index contributed by atoms with van der Waals surface area (Å²) in [5.41, 5.74) is 0.369. The Kier molecular flexibility index (Phi) is 4.79. The average molecular weight is 320 g/mol. The highest BCUT2D eigenvalue weighted by atomic mass is 32.1. The zero-order valence-electron chi connectivity index (χ0n) is 12.5. The summed E-state index contributed by atoms with van der Waals surface area (Å²) >= 11 is 1.55. The van der Waals surface area contributed by atoms with E-state index in [2.05, 4.69) is 25.9 Å². The number of piperidine rings is 1. The molecule has 3 rings (SSSR count).